The smallest absolute Gasteiger partial charge is 0.255 e. The molecule has 3 aromatic carbocycles. The quantitative estimate of drug-likeness (QED) is 0.454. The lowest BCUT2D eigenvalue weighted by molar-refractivity contribution is -0.136. The van der Waals surface area contributed by atoms with E-state index in [4.69, 9.17) is 11.6 Å². The molecule has 4 heterocycles. The highest BCUT2D eigenvalue weighted by Crippen LogP contribution is 2.35. The zero-order valence-corrected chi connectivity index (χ0v) is 23.8. The highest BCUT2D eigenvalue weighted by Gasteiger charge is 2.43. The van der Waals surface area contributed by atoms with Crippen LogP contribution in [0.2, 0.25) is 5.02 Å². The maximum Gasteiger partial charge on any atom is 0.255 e. The molecule has 3 atom stereocenters. The fraction of sp³-hybridized carbons (Fsp3) is 0.333. The van der Waals surface area contributed by atoms with Gasteiger partial charge in [0.15, 0.2) is 0 Å². The van der Waals surface area contributed by atoms with Crippen LogP contribution >= 0.6 is 11.6 Å². The summed E-state index contributed by atoms with van der Waals surface area (Å²) in [6.07, 6.45) is 2.56. The second-order valence-corrected chi connectivity index (χ2v) is 12.2. The summed E-state index contributed by atoms with van der Waals surface area (Å²) >= 11 is 6.10. The van der Waals surface area contributed by atoms with Gasteiger partial charge in [-0.3, -0.25) is 29.4 Å². The van der Waals surface area contributed by atoms with E-state index in [0.29, 0.717) is 29.1 Å². The molecule has 214 valence electrons. The Morgan fingerprint density at radius 1 is 0.881 bits per heavy atom. The van der Waals surface area contributed by atoms with Crippen molar-refractivity contribution in [1.82, 2.24) is 20.0 Å². The van der Waals surface area contributed by atoms with E-state index >= 15 is 0 Å². The Hall–Kier alpha value is -4.01. The normalized spacial score (nSPS) is 23.7. The van der Waals surface area contributed by atoms with Crippen LogP contribution in [0.4, 0.5) is 0 Å². The van der Waals surface area contributed by atoms with Gasteiger partial charge < -0.3 is 9.80 Å². The molecule has 0 radical (unpaired) electrons. The lowest BCUT2D eigenvalue weighted by Crippen LogP contribution is -2.55. The number of nitrogens with zero attached hydrogens (tertiary/aromatic N) is 3. The molecule has 4 amide bonds. The maximum atomic E-state index is 13.9. The number of amides is 4. The van der Waals surface area contributed by atoms with Crippen LogP contribution in [0.15, 0.2) is 66.7 Å². The monoisotopic (exact) mass is 582 g/mol. The highest BCUT2D eigenvalue weighted by molar-refractivity contribution is 6.30. The van der Waals surface area contributed by atoms with Gasteiger partial charge in [-0.05, 0) is 65.8 Å². The lowest BCUT2D eigenvalue weighted by Gasteiger charge is -2.41. The summed E-state index contributed by atoms with van der Waals surface area (Å²) in [6, 6.07) is 21.0. The van der Waals surface area contributed by atoms with Crippen LogP contribution in [-0.4, -0.2) is 69.5 Å². The van der Waals surface area contributed by atoms with Crippen LogP contribution in [0, 0.1) is 0 Å². The predicted octanol–water partition coefficient (Wildman–Crippen LogP) is 4.26. The second-order valence-electron chi connectivity index (χ2n) is 11.7. The Bertz CT molecular complexity index is 1590. The topological polar surface area (TPSA) is 90.0 Å². The molecule has 0 spiro atoms. The third kappa shape index (κ3) is 4.78. The van der Waals surface area contributed by atoms with Crippen molar-refractivity contribution >= 4 is 35.2 Å². The Morgan fingerprint density at radius 2 is 1.62 bits per heavy atom. The van der Waals surface area contributed by atoms with E-state index in [0.717, 1.165) is 54.7 Å². The van der Waals surface area contributed by atoms with Crippen molar-refractivity contribution in [1.29, 1.82) is 0 Å². The van der Waals surface area contributed by atoms with Gasteiger partial charge in [-0.2, -0.15) is 0 Å². The SMILES string of the molecule is O=C1CCC(N2Cc3cc(CN4CC5CCC(C4)N5C(=O)c4ccccc4-c4ccc(Cl)cc4)ccc3C2=O)C(=O)N1. The number of carbonyl (C=O) groups excluding carboxylic acids is 4. The van der Waals surface area contributed by atoms with Crippen LogP contribution in [-0.2, 0) is 22.7 Å². The molecule has 7 rings (SSSR count). The number of halogens is 1. The predicted molar refractivity (Wildman–Crippen MR) is 158 cm³/mol. The largest absolute Gasteiger partial charge is 0.330 e. The summed E-state index contributed by atoms with van der Waals surface area (Å²) in [5, 5.41) is 3.02. The van der Waals surface area contributed by atoms with E-state index in [1.54, 1.807) is 4.90 Å². The molecule has 3 aromatic rings. The first kappa shape index (κ1) is 26.9. The van der Waals surface area contributed by atoms with Gasteiger partial charge in [0.05, 0.1) is 0 Å². The molecular weight excluding hydrogens is 552 g/mol. The fourth-order valence-electron chi connectivity index (χ4n) is 7.13. The molecular formula is C33H31ClN4O4. The second kappa shape index (κ2) is 10.7. The lowest BCUT2D eigenvalue weighted by atomic mass is 9.98. The zero-order chi connectivity index (χ0) is 29.0. The molecule has 4 aliphatic rings. The molecule has 0 aliphatic carbocycles. The van der Waals surface area contributed by atoms with Gasteiger partial charge in [-0.15, -0.1) is 0 Å². The number of piperazine rings is 1. The molecule has 9 heteroatoms. The average Bonchev–Trinajstić information content (AvgIpc) is 3.45. The van der Waals surface area contributed by atoms with Crippen LogP contribution in [0.5, 0.6) is 0 Å². The number of hydrogen-bond donors (Lipinski definition) is 1. The summed E-state index contributed by atoms with van der Waals surface area (Å²) in [6.45, 7) is 2.69. The van der Waals surface area contributed by atoms with E-state index in [1.165, 1.54) is 0 Å². The van der Waals surface area contributed by atoms with Crippen molar-refractivity contribution in [3.63, 3.8) is 0 Å². The fourth-order valence-corrected chi connectivity index (χ4v) is 7.25. The summed E-state index contributed by atoms with van der Waals surface area (Å²) in [5.41, 5.74) is 5.25. The summed E-state index contributed by atoms with van der Waals surface area (Å²) in [7, 11) is 0. The number of benzene rings is 3. The number of piperidine rings is 1. The molecule has 4 aliphatic heterocycles. The number of likely N-dealkylation sites (tertiary alicyclic amines) is 1. The van der Waals surface area contributed by atoms with Crippen molar-refractivity contribution < 1.29 is 19.2 Å². The van der Waals surface area contributed by atoms with Gasteiger partial charge in [0.2, 0.25) is 11.8 Å². The number of fused-ring (bicyclic) bond motifs is 3. The molecule has 0 aromatic heterocycles. The van der Waals surface area contributed by atoms with Gasteiger partial charge in [-0.25, -0.2) is 0 Å². The van der Waals surface area contributed by atoms with Gasteiger partial charge in [0.1, 0.15) is 6.04 Å². The Morgan fingerprint density at radius 3 is 2.36 bits per heavy atom. The molecule has 3 fully saturated rings. The molecule has 1 N–H and O–H groups in total. The maximum absolute atomic E-state index is 13.9. The summed E-state index contributed by atoms with van der Waals surface area (Å²) < 4.78 is 0. The third-order valence-corrected chi connectivity index (χ3v) is 9.35. The van der Waals surface area contributed by atoms with E-state index in [2.05, 4.69) is 21.2 Å². The number of carbonyl (C=O) groups is 4. The molecule has 3 saturated heterocycles. The van der Waals surface area contributed by atoms with Crippen molar-refractivity contribution in [2.24, 2.45) is 0 Å². The summed E-state index contributed by atoms with van der Waals surface area (Å²) in [4.78, 5) is 57.1. The molecule has 3 unspecified atom stereocenters. The Kier molecular flexibility index (Phi) is 6.83. The van der Waals surface area contributed by atoms with Crippen LogP contribution in [0.25, 0.3) is 11.1 Å². The van der Waals surface area contributed by atoms with Gasteiger partial charge in [0, 0.05) is 60.8 Å². The highest BCUT2D eigenvalue weighted by atomic mass is 35.5. The Labute approximate surface area is 249 Å². The van der Waals surface area contributed by atoms with Gasteiger partial charge in [0.25, 0.3) is 11.8 Å². The van der Waals surface area contributed by atoms with Gasteiger partial charge in [-0.1, -0.05) is 54.1 Å². The van der Waals surface area contributed by atoms with E-state index in [-0.39, 0.29) is 36.2 Å². The van der Waals surface area contributed by atoms with Crippen molar-refractivity contribution in [2.45, 2.75) is 56.9 Å². The molecule has 42 heavy (non-hydrogen) atoms. The minimum atomic E-state index is -0.614. The molecule has 8 nitrogen and oxygen atoms in total. The summed E-state index contributed by atoms with van der Waals surface area (Å²) in [5.74, 6) is -0.761. The third-order valence-electron chi connectivity index (χ3n) is 9.10. The number of imide groups is 1. The zero-order valence-electron chi connectivity index (χ0n) is 23.1. The standard InChI is InChI=1S/C33H31ClN4O4/c34-23-8-6-21(7-9-23)26-3-1-2-4-28(26)33(42)38-24-10-11-25(38)19-36(18-24)16-20-5-12-27-22(15-20)17-37(32(27)41)29-13-14-30(39)35-31(29)40/h1-9,12,15,24-25,29H,10-11,13-14,16-19H2,(H,35,39,40). The van der Waals surface area contributed by atoms with E-state index in [9.17, 15) is 19.2 Å². The van der Waals surface area contributed by atoms with Crippen LogP contribution in [0.1, 0.15) is 57.5 Å². The molecule has 2 bridgehead atoms. The molecule has 0 saturated carbocycles. The Balaban J connectivity index is 1.04. The first-order valence-electron chi connectivity index (χ1n) is 14.5. The first-order valence-corrected chi connectivity index (χ1v) is 14.9. The van der Waals surface area contributed by atoms with Crippen LogP contribution < -0.4 is 5.32 Å². The number of rotatable bonds is 5. The minimum absolute atomic E-state index is 0.0808. The minimum Gasteiger partial charge on any atom is -0.330 e. The average molecular weight is 583 g/mol. The van der Waals surface area contributed by atoms with E-state index in [1.807, 2.05) is 60.7 Å². The van der Waals surface area contributed by atoms with E-state index < -0.39 is 11.9 Å². The van der Waals surface area contributed by atoms with Crippen molar-refractivity contribution in [2.75, 3.05) is 13.1 Å². The van der Waals surface area contributed by atoms with Crippen molar-refractivity contribution in [3.05, 3.63) is 94.0 Å². The van der Waals surface area contributed by atoms with Crippen molar-refractivity contribution in [3.8, 4) is 11.1 Å². The van der Waals surface area contributed by atoms with Crippen LogP contribution in [0.3, 0.4) is 0 Å². The number of nitrogens with one attached hydrogen (secondary N) is 1. The number of hydrogen-bond acceptors (Lipinski definition) is 5. The van der Waals surface area contributed by atoms with Gasteiger partial charge >= 0.3 is 0 Å². The first-order chi connectivity index (χ1) is 20.4.